The molecule has 1 aliphatic rings. The first-order valence-electron chi connectivity index (χ1n) is 7.56. The quantitative estimate of drug-likeness (QED) is 0.548. The van der Waals surface area contributed by atoms with E-state index < -0.39 is 11.9 Å². The van der Waals surface area contributed by atoms with Gasteiger partial charge in [-0.3, -0.25) is 19.3 Å². The summed E-state index contributed by atoms with van der Waals surface area (Å²) in [6.07, 6.45) is 0. The van der Waals surface area contributed by atoms with Crippen molar-refractivity contribution < 1.29 is 39.5 Å². The highest BCUT2D eigenvalue weighted by atomic mass is 16.5. The Morgan fingerprint density at radius 1 is 0.778 bits per heavy atom. The van der Waals surface area contributed by atoms with Gasteiger partial charge in [0, 0.05) is 32.9 Å². The van der Waals surface area contributed by atoms with E-state index in [0.717, 1.165) is 13.8 Å². The van der Waals surface area contributed by atoms with E-state index in [-0.39, 0.29) is 17.4 Å². The van der Waals surface area contributed by atoms with Crippen LogP contribution in [0.2, 0.25) is 0 Å². The molecule has 0 unspecified atom stereocenters. The van der Waals surface area contributed by atoms with E-state index in [0.29, 0.717) is 22.9 Å². The molecule has 144 valence electrons. The highest BCUT2D eigenvalue weighted by molar-refractivity contribution is 6.03. The number of carbonyl (C=O) groups excluding carboxylic acids is 1. The van der Waals surface area contributed by atoms with Crippen LogP contribution >= 0.6 is 0 Å². The maximum Gasteiger partial charge on any atom is 0.300 e. The van der Waals surface area contributed by atoms with Crippen molar-refractivity contribution in [1.82, 2.24) is 0 Å². The zero-order valence-electron chi connectivity index (χ0n) is 14.8. The zero-order valence-corrected chi connectivity index (χ0v) is 14.8. The zero-order chi connectivity index (χ0) is 20.7. The first-order valence-corrected chi connectivity index (χ1v) is 7.56. The summed E-state index contributed by atoms with van der Waals surface area (Å²) in [7, 11) is 0. The summed E-state index contributed by atoms with van der Waals surface area (Å²) in [5.74, 6) is -1.01. The van der Waals surface area contributed by atoms with Crippen molar-refractivity contribution in [2.24, 2.45) is 0 Å². The SMILES string of the molecule is CC(=O)N1c2ccc(O)cc2Oc2cc(O)ccc21.CC(=O)O.CC(=O)O. The minimum Gasteiger partial charge on any atom is -0.508 e. The molecule has 0 fully saturated rings. The molecule has 1 aliphatic heterocycles. The molecule has 1 heterocycles. The summed E-state index contributed by atoms with van der Waals surface area (Å²) in [6.45, 7) is 3.61. The topological polar surface area (TPSA) is 145 Å². The number of benzene rings is 2. The largest absolute Gasteiger partial charge is 0.508 e. The summed E-state index contributed by atoms with van der Waals surface area (Å²) in [5.41, 5.74) is 1.12. The number of nitrogens with zero attached hydrogens (tertiary/aromatic N) is 1. The molecule has 0 spiro atoms. The molecule has 9 heteroatoms. The molecular weight excluding hydrogens is 358 g/mol. The van der Waals surface area contributed by atoms with Gasteiger partial charge in [0.1, 0.15) is 11.5 Å². The van der Waals surface area contributed by atoms with Gasteiger partial charge in [-0.15, -0.1) is 0 Å². The van der Waals surface area contributed by atoms with Crippen LogP contribution in [0.5, 0.6) is 23.0 Å². The molecule has 0 radical (unpaired) electrons. The van der Waals surface area contributed by atoms with Crippen molar-refractivity contribution in [2.75, 3.05) is 4.90 Å². The van der Waals surface area contributed by atoms with Crippen LogP contribution < -0.4 is 9.64 Å². The number of carboxylic acids is 2. The fourth-order valence-corrected chi connectivity index (χ4v) is 2.13. The van der Waals surface area contributed by atoms with Gasteiger partial charge in [-0.25, -0.2) is 0 Å². The van der Waals surface area contributed by atoms with E-state index in [1.807, 2.05) is 0 Å². The van der Waals surface area contributed by atoms with Gasteiger partial charge in [0.2, 0.25) is 5.91 Å². The average molecular weight is 377 g/mol. The minimum atomic E-state index is -0.833. The molecular formula is C18H19NO8. The van der Waals surface area contributed by atoms with Crippen LogP contribution in [0.4, 0.5) is 11.4 Å². The first kappa shape index (κ1) is 21.3. The maximum absolute atomic E-state index is 11.8. The van der Waals surface area contributed by atoms with Gasteiger partial charge in [-0.1, -0.05) is 0 Å². The van der Waals surface area contributed by atoms with Crippen molar-refractivity contribution in [3.8, 4) is 23.0 Å². The Morgan fingerprint density at radius 3 is 1.41 bits per heavy atom. The third kappa shape index (κ3) is 6.24. The first-order chi connectivity index (χ1) is 12.5. The van der Waals surface area contributed by atoms with Crippen molar-refractivity contribution in [1.29, 1.82) is 0 Å². The number of rotatable bonds is 0. The summed E-state index contributed by atoms with van der Waals surface area (Å²) < 4.78 is 5.61. The summed E-state index contributed by atoms with van der Waals surface area (Å²) in [6, 6.07) is 9.06. The van der Waals surface area contributed by atoms with E-state index in [1.165, 1.54) is 36.1 Å². The second kappa shape index (κ2) is 9.09. The molecule has 1 amide bonds. The third-order valence-electron chi connectivity index (χ3n) is 2.90. The van der Waals surface area contributed by atoms with Crippen LogP contribution in [-0.4, -0.2) is 38.3 Å². The van der Waals surface area contributed by atoms with Crippen molar-refractivity contribution in [3.63, 3.8) is 0 Å². The molecule has 9 nitrogen and oxygen atoms in total. The van der Waals surface area contributed by atoms with Gasteiger partial charge < -0.3 is 25.2 Å². The Hall–Kier alpha value is -3.75. The number of phenols is 2. The predicted molar refractivity (Wildman–Crippen MR) is 95.7 cm³/mol. The lowest BCUT2D eigenvalue weighted by Gasteiger charge is -2.30. The number of fused-ring (bicyclic) bond motifs is 2. The Labute approximate surface area is 154 Å². The van der Waals surface area contributed by atoms with Crippen LogP contribution in [0.1, 0.15) is 20.8 Å². The fraction of sp³-hybridized carbons (Fsp3) is 0.167. The highest BCUT2D eigenvalue weighted by Gasteiger charge is 2.27. The van der Waals surface area contributed by atoms with Crippen LogP contribution in [0.3, 0.4) is 0 Å². The van der Waals surface area contributed by atoms with Gasteiger partial charge in [-0.05, 0) is 24.3 Å². The maximum atomic E-state index is 11.8. The van der Waals surface area contributed by atoms with Crippen LogP contribution in [0, 0.1) is 0 Å². The molecule has 27 heavy (non-hydrogen) atoms. The predicted octanol–water partition coefficient (Wildman–Crippen LogP) is 3.07. The lowest BCUT2D eigenvalue weighted by Crippen LogP contribution is -2.25. The number of hydrogen-bond donors (Lipinski definition) is 4. The molecule has 2 aromatic carbocycles. The van der Waals surface area contributed by atoms with E-state index in [1.54, 1.807) is 12.1 Å². The number of phenolic OH excluding ortho intramolecular Hbond substituents is 2. The van der Waals surface area contributed by atoms with E-state index >= 15 is 0 Å². The Balaban J connectivity index is 0.000000390. The number of hydrogen-bond acceptors (Lipinski definition) is 6. The second-order valence-corrected chi connectivity index (χ2v) is 5.30. The van der Waals surface area contributed by atoms with Crippen molar-refractivity contribution in [3.05, 3.63) is 36.4 Å². The summed E-state index contributed by atoms with van der Waals surface area (Å²) in [5, 5.41) is 33.8. The number of ether oxygens (including phenoxy) is 1. The van der Waals surface area contributed by atoms with Gasteiger partial charge in [0.25, 0.3) is 11.9 Å². The molecule has 0 saturated carbocycles. The Kier molecular flexibility index (Phi) is 7.17. The number of anilines is 2. The number of carboxylic acid groups (broad SMARTS) is 2. The van der Waals surface area contributed by atoms with E-state index in [4.69, 9.17) is 24.5 Å². The minimum absolute atomic E-state index is 0.0471. The molecule has 4 N–H and O–H groups in total. The van der Waals surface area contributed by atoms with Gasteiger partial charge >= 0.3 is 0 Å². The number of aliphatic carboxylic acids is 2. The van der Waals surface area contributed by atoms with E-state index in [2.05, 4.69) is 0 Å². The lowest BCUT2D eigenvalue weighted by molar-refractivity contribution is -0.135. The van der Waals surface area contributed by atoms with Gasteiger partial charge in [-0.2, -0.15) is 0 Å². The fourth-order valence-electron chi connectivity index (χ4n) is 2.13. The van der Waals surface area contributed by atoms with Crippen LogP contribution in [0.25, 0.3) is 0 Å². The molecule has 0 atom stereocenters. The molecule has 0 bridgehead atoms. The van der Waals surface area contributed by atoms with Crippen LogP contribution in [0.15, 0.2) is 36.4 Å². The van der Waals surface area contributed by atoms with Crippen molar-refractivity contribution in [2.45, 2.75) is 20.8 Å². The Bertz CT molecular complexity index is 791. The number of aromatic hydroxyl groups is 2. The monoisotopic (exact) mass is 377 g/mol. The molecule has 2 aromatic rings. The smallest absolute Gasteiger partial charge is 0.300 e. The number of carbonyl (C=O) groups is 3. The average Bonchev–Trinajstić information content (AvgIpc) is 2.50. The summed E-state index contributed by atoms with van der Waals surface area (Å²) >= 11 is 0. The normalized spacial score (nSPS) is 10.6. The molecule has 0 saturated heterocycles. The molecule has 0 aliphatic carbocycles. The third-order valence-corrected chi connectivity index (χ3v) is 2.90. The highest BCUT2D eigenvalue weighted by Crippen LogP contribution is 2.48. The van der Waals surface area contributed by atoms with Crippen LogP contribution in [-0.2, 0) is 14.4 Å². The summed E-state index contributed by atoms with van der Waals surface area (Å²) in [4.78, 5) is 31.3. The van der Waals surface area contributed by atoms with E-state index in [9.17, 15) is 15.0 Å². The molecule has 3 rings (SSSR count). The lowest BCUT2D eigenvalue weighted by atomic mass is 10.1. The van der Waals surface area contributed by atoms with Gasteiger partial charge in [0.15, 0.2) is 11.5 Å². The Morgan fingerprint density at radius 2 is 1.11 bits per heavy atom. The standard InChI is InChI=1S/C14H11NO4.2C2H4O2/c1-8(16)15-11-4-2-9(17)6-13(11)19-14-7-10(18)3-5-12(14)15;2*1-2(3)4/h2-7,17-18H,1H3;2*1H3,(H,3,4). The second-order valence-electron chi connectivity index (χ2n) is 5.30. The van der Waals surface area contributed by atoms with Gasteiger partial charge in [0.05, 0.1) is 11.4 Å². The number of amides is 1. The molecule has 0 aromatic heterocycles. The van der Waals surface area contributed by atoms with Crippen molar-refractivity contribution >= 4 is 29.2 Å².